The Morgan fingerprint density at radius 1 is 1.03 bits per heavy atom. The average Bonchev–Trinajstić information content (AvgIpc) is 3.31. The fraction of sp³-hybridized carbons (Fsp3) is 0.423. The molecule has 7 heteroatoms. The summed E-state index contributed by atoms with van der Waals surface area (Å²) in [6, 6.07) is 13.0. The molecule has 33 heavy (non-hydrogen) atoms. The van der Waals surface area contributed by atoms with Crippen molar-refractivity contribution in [2.24, 2.45) is 5.92 Å². The number of anilines is 1. The molecular weight excluding hydrogens is 434 g/mol. The molecule has 0 aliphatic carbocycles. The molecule has 2 aromatic carbocycles. The zero-order chi connectivity index (χ0) is 23.0. The predicted molar refractivity (Wildman–Crippen MR) is 133 cm³/mol. The number of phenols is 1. The van der Waals surface area contributed by atoms with Crippen molar-refractivity contribution in [1.29, 1.82) is 0 Å². The lowest BCUT2D eigenvalue weighted by Gasteiger charge is -2.36. The van der Waals surface area contributed by atoms with Gasteiger partial charge < -0.3 is 14.9 Å². The summed E-state index contributed by atoms with van der Waals surface area (Å²) >= 11 is 0. The lowest BCUT2D eigenvalue weighted by molar-refractivity contribution is 0.249. The summed E-state index contributed by atoms with van der Waals surface area (Å²) in [5.74, 6) is 0.860. The number of phenolic OH excluding ortho intramolecular Hbond substituents is 1. The molecule has 2 aliphatic heterocycles. The number of sulfone groups is 1. The molecule has 0 amide bonds. The van der Waals surface area contributed by atoms with Gasteiger partial charge in [-0.3, -0.25) is 4.98 Å². The Bertz CT molecular complexity index is 1260. The first-order valence-corrected chi connectivity index (χ1v) is 13.7. The van der Waals surface area contributed by atoms with E-state index in [1.54, 1.807) is 12.1 Å². The van der Waals surface area contributed by atoms with Crippen LogP contribution >= 0.6 is 0 Å². The first-order chi connectivity index (χ1) is 15.9. The Hall–Kier alpha value is -2.64. The molecule has 2 fully saturated rings. The number of aromatic hydroxyl groups is 1. The summed E-state index contributed by atoms with van der Waals surface area (Å²) in [4.78, 5) is 9.55. The number of aromatic nitrogens is 1. The van der Waals surface area contributed by atoms with E-state index in [4.69, 9.17) is 0 Å². The molecular formula is C26H31N3O3S. The van der Waals surface area contributed by atoms with Crippen LogP contribution in [0.3, 0.4) is 0 Å². The van der Waals surface area contributed by atoms with Gasteiger partial charge in [-0.2, -0.15) is 0 Å². The molecule has 1 aromatic heterocycles. The normalized spacial score (nSPS) is 18.3. The average molecular weight is 466 g/mol. The molecule has 2 saturated heterocycles. The summed E-state index contributed by atoms with van der Waals surface area (Å²) in [7, 11) is -3.45. The summed E-state index contributed by atoms with van der Waals surface area (Å²) < 4.78 is 25.5. The van der Waals surface area contributed by atoms with Gasteiger partial charge in [0.2, 0.25) is 0 Å². The largest absolute Gasteiger partial charge is 0.507 e. The van der Waals surface area contributed by atoms with Crippen LogP contribution in [0.4, 0.5) is 5.69 Å². The van der Waals surface area contributed by atoms with E-state index < -0.39 is 9.84 Å². The second-order valence-electron chi connectivity index (χ2n) is 9.43. The third-order valence-corrected chi connectivity index (χ3v) is 8.16. The predicted octanol–water partition coefficient (Wildman–Crippen LogP) is 4.32. The highest BCUT2D eigenvalue weighted by atomic mass is 32.2. The zero-order valence-electron chi connectivity index (χ0n) is 19.1. The molecule has 2 aliphatic rings. The van der Waals surface area contributed by atoms with Gasteiger partial charge in [-0.05, 0) is 68.5 Å². The van der Waals surface area contributed by atoms with Gasteiger partial charge in [-0.25, -0.2) is 8.42 Å². The number of likely N-dealkylation sites (tertiary alicyclic amines) is 1. The summed E-state index contributed by atoms with van der Waals surface area (Å²) in [5.41, 5.74) is 3.08. The van der Waals surface area contributed by atoms with Crippen molar-refractivity contribution in [3.8, 4) is 16.9 Å². The molecule has 0 bridgehead atoms. The highest BCUT2D eigenvalue weighted by molar-refractivity contribution is 7.90. The van der Waals surface area contributed by atoms with Crippen LogP contribution < -0.4 is 4.90 Å². The van der Waals surface area contributed by atoms with Gasteiger partial charge in [-0.1, -0.05) is 24.3 Å². The molecule has 3 heterocycles. The van der Waals surface area contributed by atoms with Crippen molar-refractivity contribution in [3.05, 3.63) is 48.7 Å². The van der Waals surface area contributed by atoms with Crippen LogP contribution in [0.5, 0.6) is 5.75 Å². The van der Waals surface area contributed by atoms with Crippen LogP contribution in [-0.4, -0.2) is 62.4 Å². The van der Waals surface area contributed by atoms with E-state index in [9.17, 15) is 13.5 Å². The van der Waals surface area contributed by atoms with Gasteiger partial charge in [0.25, 0.3) is 0 Å². The fourth-order valence-electron chi connectivity index (χ4n) is 5.31. The van der Waals surface area contributed by atoms with E-state index >= 15 is 0 Å². The van der Waals surface area contributed by atoms with Crippen molar-refractivity contribution < 1.29 is 13.5 Å². The molecule has 0 saturated carbocycles. The highest BCUT2D eigenvalue weighted by Gasteiger charge is 2.28. The van der Waals surface area contributed by atoms with Gasteiger partial charge >= 0.3 is 0 Å². The summed E-state index contributed by atoms with van der Waals surface area (Å²) in [6.45, 7) is 5.24. The Balaban J connectivity index is 1.53. The van der Waals surface area contributed by atoms with Crippen molar-refractivity contribution in [1.82, 2.24) is 9.88 Å². The van der Waals surface area contributed by atoms with E-state index in [-0.39, 0.29) is 10.6 Å². The molecule has 0 atom stereocenters. The van der Waals surface area contributed by atoms with Crippen molar-refractivity contribution >= 4 is 26.4 Å². The van der Waals surface area contributed by atoms with Crippen molar-refractivity contribution in [2.45, 2.75) is 30.6 Å². The minimum Gasteiger partial charge on any atom is -0.507 e. The number of rotatable bonds is 5. The standard InChI is InChI=1S/C26H31N3O3S/c1-33(31,32)25-17-27-23-9-8-20(21-6-2-3-7-24(21)30)16-22(23)26(25)29-14-10-19(11-15-29)18-28-12-4-5-13-28/h2-3,6-9,16-17,19,30H,4-5,10-15,18H2,1H3. The van der Waals surface area contributed by atoms with E-state index in [0.717, 1.165) is 60.2 Å². The maximum absolute atomic E-state index is 12.7. The summed E-state index contributed by atoms with van der Waals surface area (Å²) in [5, 5.41) is 11.2. The number of piperidine rings is 1. The lowest BCUT2D eigenvalue weighted by Crippen LogP contribution is -2.38. The first kappa shape index (κ1) is 22.2. The maximum atomic E-state index is 12.7. The molecule has 6 nitrogen and oxygen atoms in total. The third-order valence-electron chi connectivity index (χ3n) is 7.07. The van der Waals surface area contributed by atoms with Crippen molar-refractivity contribution in [2.75, 3.05) is 43.9 Å². The molecule has 1 N–H and O–H groups in total. The second-order valence-corrected chi connectivity index (χ2v) is 11.4. The molecule has 0 spiro atoms. The van der Waals surface area contributed by atoms with Crippen LogP contribution in [0, 0.1) is 5.92 Å². The smallest absolute Gasteiger partial charge is 0.179 e. The van der Waals surface area contributed by atoms with Crippen LogP contribution in [0.15, 0.2) is 53.6 Å². The van der Waals surface area contributed by atoms with Gasteiger partial charge in [0, 0.05) is 43.0 Å². The molecule has 5 rings (SSSR count). The minimum absolute atomic E-state index is 0.202. The summed E-state index contributed by atoms with van der Waals surface area (Å²) in [6.07, 6.45) is 7.48. The van der Waals surface area contributed by atoms with Crippen LogP contribution in [0.1, 0.15) is 25.7 Å². The Kier molecular flexibility index (Phi) is 6.01. The number of hydrogen-bond donors (Lipinski definition) is 1. The Morgan fingerprint density at radius 3 is 2.45 bits per heavy atom. The van der Waals surface area contributed by atoms with E-state index in [2.05, 4.69) is 14.8 Å². The van der Waals surface area contributed by atoms with Crippen molar-refractivity contribution in [3.63, 3.8) is 0 Å². The number of para-hydroxylation sites is 1. The van der Waals surface area contributed by atoms with Crippen LogP contribution in [-0.2, 0) is 9.84 Å². The van der Waals surface area contributed by atoms with E-state index in [1.807, 2.05) is 30.3 Å². The van der Waals surface area contributed by atoms with Crippen LogP contribution in [0.25, 0.3) is 22.0 Å². The Labute approximate surface area is 195 Å². The number of pyridine rings is 1. The lowest BCUT2D eigenvalue weighted by atomic mass is 9.95. The number of fused-ring (bicyclic) bond motifs is 1. The molecule has 0 radical (unpaired) electrons. The minimum atomic E-state index is -3.45. The van der Waals surface area contributed by atoms with Gasteiger partial charge in [-0.15, -0.1) is 0 Å². The first-order valence-electron chi connectivity index (χ1n) is 11.8. The van der Waals surface area contributed by atoms with E-state index in [1.165, 1.54) is 38.4 Å². The molecule has 3 aromatic rings. The monoisotopic (exact) mass is 465 g/mol. The highest BCUT2D eigenvalue weighted by Crippen LogP contribution is 2.38. The SMILES string of the molecule is CS(=O)(=O)c1cnc2ccc(-c3ccccc3O)cc2c1N1CCC(CN2CCCC2)CC1. The fourth-order valence-corrected chi connectivity index (χ4v) is 6.15. The topological polar surface area (TPSA) is 73.7 Å². The van der Waals surface area contributed by atoms with Crippen LogP contribution in [0.2, 0.25) is 0 Å². The molecule has 0 unspecified atom stereocenters. The second kappa shape index (κ2) is 8.95. The number of benzene rings is 2. The van der Waals surface area contributed by atoms with Gasteiger partial charge in [0.1, 0.15) is 10.6 Å². The van der Waals surface area contributed by atoms with Gasteiger partial charge in [0.15, 0.2) is 9.84 Å². The number of nitrogens with zero attached hydrogens (tertiary/aromatic N) is 3. The third kappa shape index (κ3) is 4.57. The quantitative estimate of drug-likeness (QED) is 0.605. The zero-order valence-corrected chi connectivity index (χ0v) is 19.9. The Morgan fingerprint density at radius 2 is 1.76 bits per heavy atom. The molecule has 174 valence electrons. The van der Waals surface area contributed by atoms with Gasteiger partial charge in [0.05, 0.1) is 11.2 Å². The number of hydrogen-bond acceptors (Lipinski definition) is 6. The van der Waals surface area contributed by atoms with E-state index in [0.29, 0.717) is 5.92 Å². The maximum Gasteiger partial charge on any atom is 0.179 e.